The van der Waals surface area contributed by atoms with Gasteiger partial charge in [0, 0.05) is 24.9 Å². The van der Waals surface area contributed by atoms with Gasteiger partial charge in [-0.15, -0.1) is 11.3 Å². The molecule has 0 atom stereocenters. The fourth-order valence-corrected chi connectivity index (χ4v) is 3.53. The van der Waals surface area contributed by atoms with Gasteiger partial charge in [-0.05, 0) is 25.0 Å². The molecule has 0 amide bonds. The Kier molecular flexibility index (Phi) is 3.68. The van der Waals surface area contributed by atoms with Gasteiger partial charge in [-0.2, -0.15) is 0 Å². The molecule has 1 aromatic carbocycles. The molecule has 0 radical (unpaired) electrons. The van der Waals surface area contributed by atoms with Crippen molar-refractivity contribution in [1.82, 2.24) is 15.0 Å². The number of nitrogens with zero attached hydrogens (tertiary/aromatic N) is 3. The quantitative estimate of drug-likeness (QED) is 0.710. The Hall–Kier alpha value is -1.72. The molecule has 2 heterocycles. The van der Waals surface area contributed by atoms with Crippen molar-refractivity contribution in [1.29, 1.82) is 0 Å². The zero-order valence-electron chi connectivity index (χ0n) is 11.9. The third kappa shape index (κ3) is 3.05. The Labute approximate surface area is 137 Å². The zero-order valence-corrected chi connectivity index (χ0v) is 13.5. The molecule has 0 bridgehead atoms. The fraction of sp³-hybridized carbons (Fsp3) is 0.312. The lowest BCUT2D eigenvalue weighted by atomic mass is 10.3. The number of para-hydroxylation sites is 1. The second-order valence-corrected chi connectivity index (χ2v) is 6.96. The van der Waals surface area contributed by atoms with Crippen molar-refractivity contribution in [2.45, 2.75) is 25.2 Å². The summed E-state index contributed by atoms with van der Waals surface area (Å²) in [6.45, 7) is 0.789. The van der Waals surface area contributed by atoms with E-state index in [1.807, 2.05) is 12.1 Å². The molecule has 1 saturated carbocycles. The summed E-state index contributed by atoms with van der Waals surface area (Å²) in [7, 11) is 0. The summed E-state index contributed by atoms with van der Waals surface area (Å²) in [5.74, 6) is 2.18. The monoisotopic (exact) mass is 330 g/mol. The van der Waals surface area contributed by atoms with Crippen molar-refractivity contribution in [3.8, 4) is 0 Å². The Morgan fingerprint density at radius 2 is 2.05 bits per heavy atom. The molecule has 22 heavy (non-hydrogen) atoms. The van der Waals surface area contributed by atoms with Gasteiger partial charge in [0.15, 0.2) is 0 Å². The normalized spacial score (nSPS) is 14.4. The van der Waals surface area contributed by atoms with Crippen LogP contribution in [0, 0.1) is 0 Å². The van der Waals surface area contributed by atoms with E-state index in [4.69, 9.17) is 11.6 Å². The van der Waals surface area contributed by atoms with E-state index in [1.165, 1.54) is 17.5 Å². The van der Waals surface area contributed by atoms with Crippen molar-refractivity contribution in [2.75, 3.05) is 11.9 Å². The predicted octanol–water partition coefficient (Wildman–Crippen LogP) is 4.27. The molecule has 1 fully saturated rings. The molecule has 0 unspecified atom stereocenters. The average molecular weight is 331 g/mol. The first-order valence-electron chi connectivity index (χ1n) is 7.41. The summed E-state index contributed by atoms with van der Waals surface area (Å²) in [6, 6.07) is 10.0. The largest absolute Gasteiger partial charge is 0.369 e. The van der Waals surface area contributed by atoms with Crippen LogP contribution in [0.25, 0.3) is 10.2 Å². The Bertz CT molecular complexity index is 780. The summed E-state index contributed by atoms with van der Waals surface area (Å²) in [6.07, 6.45) is 3.22. The number of thiazole rings is 1. The smallest absolute Gasteiger partial charge is 0.135 e. The number of aromatic nitrogens is 3. The summed E-state index contributed by atoms with van der Waals surface area (Å²) in [5.41, 5.74) is 1.07. The molecule has 3 aromatic rings. The molecule has 6 heteroatoms. The summed E-state index contributed by atoms with van der Waals surface area (Å²) in [4.78, 5) is 13.5. The van der Waals surface area contributed by atoms with Gasteiger partial charge < -0.3 is 5.32 Å². The number of nitrogens with one attached hydrogen (secondary N) is 1. The van der Waals surface area contributed by atoms with Crippen molar-refractivity contribution in [2.24, 2.45) is 0 Å². The summed E-state index contributed by atoms with van der Waals surface area (Å²) in [5, 5.41) is 4.98. The summed E-state index contributed by atoms with van der Waals surface area (Å²) >= 11 is 7.81. The molecule has 112 valence electrons. The van der Waals surface area contributed by atoms with Crippen LogP contribution >= 0.6 is 22.9 Å². The molecular weight excluding hydrogens is 316 g/mol. The molecule has 2 aromatic heterocycles. The predicted molar refractivity (Wildman–Crippen MR) is 90.8 cm³/mol. The van der Waals surface area contributed by atoms with Crippen molar-refractivity contribution in [3.63, 3.8) is 0 Å². The van der Waals surface area contributed by atoms with E-state index in [2.05, 4.69) is 32.4 Å². The Morgan fingerprint density at radius 1 is 1.18 bits per heavy atom. The van der Waals surface area contributed by atoms with E-state index in [9.17, 15) is 0 Å². The number of hydrogen-bond acceptors (Lipinski definition) is 5. The Morgan fingerprint density at radius 3 is 2.86 bits per heavy atom. The first kappa shape index (κ1) is 13.9. The van der Waals surface area contributed by atoms with Crippen LogP contribution in [-0.2, 0) is 6.42 Å². The van der Waals surface area contributed by atoms with Crippen LogP contribution in [0.15, 0.2) is 30.3 Å². The average Bonchev–Trinajstić information content (AvgIpc) is 3.27. The topological polar surface area (TPSA) is 50.7 Å². The van der Waals surface area contributed by atoms with Gasteiger partial charge in [-0.3, -0.25) is 0 Å². The lowest BCUT2D eigenvalue weighted by Crippen LogP contribution is -2.08. The van der Waals surface area contributed by atoms with Crippen molar-refractivity contribution >= 4 is 39.0 Å². The third-order valence-corrected chi connectivity index (χ3v) is 4.93. The lowest BCUT2D eigenvalue weighted by Gasteiger charge is -2.06. The maximum atomic E-state index is 6.07. The number of rotatable bonds is 5. The first-order chi connectivity index (χ1) is 10.8. The molecule has 1 aliphatic rings. The van der Waals surface area contributed by atoms with Crippen molar-refractivity contribution < 1.29 is 0 Å². The second kappa shape index (κ2) is 5.82. The number of fused-ring (bicyclic) bond motifs is 1. The van der Waals surface area contributed by atoms with E-state index in [0.717, 1.165) is 35.1 Å². The van der Waals surface area contributed by atoms with Gasteiger partial charge >= 0.3 is 0 Å². The second-order valence-electron chi connectivity index (χ2n) is 5.46. The van der Waals surface area contributed by atoms with Gasteiger partial charge in [-0.25, -0.2) is 15.0 Å². The van der Waals surface area contributed by atoms with E-state index in [1.54, 1.807) is 17.4 Å². The number of anilines is 1. The highest BCUT2D eigenvalue weighted by Gasteiger charge is 2.27. The SMILES string of the molecule is Clc1cc(NCCc2nc3ccccc3s2)nc(C2CC2)n1. The van der Waals surface area contributed by atoms with Crippen LogP contribution in [0.2, 0.25) is 5.15 Å². The number of benzene rings is 1. The third-order valence-electron chi connectivity index (χ3n) is 3.64. The Balaban J connectivity index is 1.42. The molecule has 0 aliphatic heterocycles. The minimum absolute atomic E-state index is 0.503. The van der Waals surface area contributed by atoms with Crippen LogP contribution in [0.4, 0.5) is 5.82 Å². The van der Waals surface area contributed by atoms with Crippen LogP contribution in [0.1, 0.15) is 29.6 Å². The molecule has 0 saturated heterocycles. The number of hydrogen-bond donors (Lipinski definition) is 1. The molecule has 4 nitrogen and oxygen atoms in total. The van der Waals surface area contributed by atoms with E-state index in [0.29, 0.717) is 11.1 Å². The van der Waals surface area contributed by atoms with E-state index < -0.39 is 0 Å². The van der Waals surface area contributed by atoms with E-state index in [-0.39, 0.29) is 0 Å². The summed E-state index contributed by atoms with van der Waals surface area (Å²) < 4.78 is 1.23. The highest BCUT2D eigenvalue weighted by atomic mass is 35.5. The highest BCUT2D eigenvalue weighted by molar-refractivity contribution is 7.18. The minimum atomic E-state index is 0.503. The molecule has 0 spiro atoms. The van der Waals surface area contributed by atoms with Crippen LogP contribution in [0.3, 0.4) is 0 Å². The van der Waals surface area contributed by atoms with Gasteiger partial charge in [0.1, 0.15) is 16.8 Å². The maximum absolute atomic E-state index is 6.07. The van der Waals surface area contributed by atoms with Crippen molar-refractivity contribution in [3.05, 3.63) is 46.3 Å². The van der Waals surface area contributed by atoms with E-state index >= 15 is 0 Å². The maximum Gasteiger partial charge on any atom is 0.135 e. The van der Waals surface area contributed by atoms with Gasteiger partial charge in [-0.1, -0.05) is 23.7 Å². The molecular formula is C16H15ClN4S. The molecule has 1 aliphatic carbocycles. The first-order valence-corrected chi connectivity index (χ1v) is 8.60. The van der Waals surface area contributed by atoms with Gasteiger partial charge in [0.05, 0.1) is 15.2 Å². The highest BCUT2D eigenvalue weighted by Crippen LogP contribution is 2.38. The van der Waals surface area contributed by atoms with Crippen LogP contribution in [0.5, 0.6) is 0 Å². The van der Waals surface area contributed by atoms with Crippen LogP contribution in [-0.4, -0.2) is 21.5 Å². The molecule has 1 N–H and O–H groups in total. The molecule has 4 rings (SSSR count). The standard InChI is InChI=1S/C16H15ClN4S/c17-13-9-14(21-16(20-13)10-5-6-10)18-8-7-15-19-11-3-1-2-4-12(11)22-15/h1-4,9-10H,5-8H2,(H,18,20,21). The van der Waals surface area contributed by atoms with Crippen LogP contribution < -0.4 is 5.32 Å². The lowest BCUT2D eigenvalue weighted by molar-refractivity contribution is 0.914. The minimum Gasteiger partial charge on any atom is -0.369 e. The zero-order chi connectivity index (χ0) is 14.9. The number of halogens is 1. The van der Waals surface area contributed by atoms with Gasteiger partial charge in [0.2, 0.25) is 0 Å². The fourth-order valence-electron chi connectivity index (χ4n) is 2.37. The van der Waals surface area contributed by atoms with Gasteiger partial charge in [0.25, 0.3) is 0 Å².